The van der Waals surface area contributed by atoms with Crippen LogP contribution in [0.3, 0.4) is 0 Å². The van der Waals surface area contributed by atoms with Gasteiger partial charge < -0.3 is 5.11 Å². The van der Waals surface area contributed by atoms with Gasteiger partial charge in [0.15, 0.2) is 0 Å². The maximum atomic E-state index is 11.1. The highest BCUT2D eigenvalue weighted by atomic mass is 32.1. The van der Waals surface area contributed by atoms with Crippen LogP contribution in [-0.2, 0) is 0 Å². The van der Waals surface area contributed by atoms with Crippen LogP contribution in [0, 0.1) is 17.8 Å². The van der Waals surface area contributed by atoms with Gasteiger partial charge in [0.25, 0.3) is 0 Å². The lowest BCUT2D eigenvalue weighted by atomic mass is 9.74. The molecule has 3 nitrogen and oxygen atoms in total. The first kappa shape index (κ1) is 14.7. The summed E-state index contributed by atoms with van der Waals surface area (Å²) in [6, 6.07) is 0. The summed E-state index contributed by atoms with van der Waals surface area (Å²) in [6.07, 6.45) is 11.0. The van der Waals surface area contributed by atoms with Crippen molar-refractivity contribution in [3.63, 3.8) is 0 Å². The van der Waals surface area contributed by atoms with Crippen LogP contribution in [0.15, 0.2) is 12.5 Å². The van der Waals surface area contributed by atoms with Gasteiger partial charge in [-0.3, -0.25) is 4.40 Å². The normalized spacial score (nSPS) is 27.6. The molecule has 4 heteroatoms. The number of aliphatic hydroxyl groups excluding tert-OH is 1. The van der Waals surface area contributed by atoms with Crippen LogP contribution in [0.25, 0.3) is 4.83 Å². The van der Waals surface area contributed by atoms with Crippen LogP contribution in [0.1, 0.15) is 75.0 Å². The molecule has 120 valence electrons. The second-order valence-corrected chi connectivity index (χ2v) is 8.65. The molecule has 2 aliphatic rings. The van der Waals surface area contributed by atoms with Gasteiger partial charge in [-0.15, -0.1) is 11.3 Å². The van der Waals surface area contributed by atoms with Crippen molar-refractivity contribution < 1.29 is 5.11 Å². The lowest BCUT2D eigenvalue weighted by molar-refractivity contribution is 0.0626. The van der Waals surface area contributed by atoms with E-state index in [1.165, 1.54) is 48.2 Å². The topological polar surface area (TPSA) is 37.5 Å². The van der Waals surface area contributed by atoms with E-state index in [2.05, 4.69) is 23.2 Å². The molecule has 0 amide bonds. The highest BCUT2D eigenvalue weighted by molar-refractivity contribution is 7.17. The first-order chi connectivity index (χ1) is 10.6. The molecular formula is C18H26N2OS. The largest absolute Gasteiger partial charge is 0.387 e. The number of rotatable bonds is 4. The predicted octanol–water partition coefficient (Wildman–Crippen LogP) is 4.77. The number of aliphatic hydroxyl groups is 1. The van der Waals surface area contributed by atoms with E-state index in [1.54, 1.807) is 0 Å². The van der Waals surface area contributed by atoms with Crippen molar-refractivity contribution >= 4 is 16.2 Å². The standard InChI is InChI=1S/C18H26N2OS/c1-11(2)12-3-5-13(6-4-12)17(21)16-18(14-7-8-14)22-15-9-19-10-20(15)16/h9-14,17,21H,3-8H2,1-2H3. The summed E-state index contributed by atoms with van der Waals surface area (Å²) >= 11 is 1.84. The molecule has 0 aromatic carbocycles. The number of imidazole rings is 1. The van der Waals surface area contributed by atoms with E-state index < -0.39 is 0 Å². The minimum Gasteiger partial charge on any atom is -0.387 e. The van der Waals surface area contributed by atoms with Crippen LogP contribution >= 0.6 is 11.3 Å². The Balaban J connectivity index is 1.59. The second kappa shape index (κ2) is 5.64. The molecule has 0 saturated heterocycles. The Bertz CT molecular complexity index is 647. The zero-order valence-corrected chi connectivity index (χ0v) is 14.4. The van der Waals surface area contributed by atoms with E-state index in [4.69, 9.17) is 0 Å². The Morgan fingerprint density at radius 3 is 2.45 bits per heavy atom. The predicted molar refractivity (Wildman–Crippen MR) is 90.3 cm³/mol. The number of hydrogen-bond donors (Lipinski definition) is 1. The number of hydrogen-bond acceptors (Lipinski definition) is 3. The fraction of sp³-hybridized carbons (Fsp3) is 0.722. The van der Waals surface area contributed by atoms with Crippen LogP contribution < -0.4 is 0 Å². The minimum absolute atomic E-state index is 0.313. The summed E-state index contributed by atoms with van der Waals surface area (Å²) in [6.45, 7) is 4.67. The molecule has 22 heavy (non-hydrogen) atoms. The van der Waals surface area contributed by atoms with Crippen molar-refractivity contribution in [2.75, 3.05) is 0 Å². The summed E-state index contributed by atoms with van der Waals surface area (Å²) in [5, 5.41) is 11.1. The lowest BCUT2D eigenvalue weighted by Gasteiger charge is -2.33. The van der Waals surface area contributed by atoms with E-state index in [1.807, 2.05) is 23.9 Å². The van der Waals surface area contributed by atoms with Crippen molar-refractivity contribution in [1.82, 2.24) is 9.38 Å². The molecule has 2 aliphatic carbocycles. The maximum Gasteiger partial charge on any atom is 0.120 e. The Morgan fingerprint density at radius 1 is 1.14 bits per heavy atom. The van der Waals surface area contributed by atoms with E-state index >= 15 is 0 Å². The van der Waals surface area contributed by atoms with E-state index in [-0.39, 0.29) is 6.10 Å². The number of thiazole rings is 1. The molecule has 0 aliphatic heterocycles. The third kappa shape index (κ3) is 2.50. The lowest BCUT2D eigenvalue weighted by Crippen LogP contribution is -2.24. The zero-order valence-electron chi connectivity index (χ0n) is 13.5. The molecule has 0 radical (unpaired) electrons. The van der Waals surface area contributed by atoms with E-state index in [9.17, 15) is 5.11 Å². The van der Waals surface area contributed by atoms with Gasteiger partial charge in [0, 0.05) is 4.88 Å². The minimum atomic E-state index is -0.313. The summed E-state index contributed by atoms with van der Waals surface area (Å²) in [4.78, 5) is 6.88. The number of aromatic nitrogens is 2. The van der Waals surface area contributed by atoms with Crippen molar-refractivity contribution in [2.24, 2.45) is 17.8 Å². The van der Waals surface area contributed by atoms with Gasteiger partial charge in [-0.2, -0.15) is 0 Å². The summed E-state index contributed by atoms with van der Waals surface area (Å²) in [5.74, 6) is 2.75. The quantitative estimate of drug-likeness (QED) is 0.881. The average molecular weight is 318 g/mol. The van der Waals surface area contributed by atoms with Crippen LogP contribution in [0.5, 0.6) is 0 Å². The fourth-order valence-electron chi connectivity index (χ4n) is 4.10. The molecular weight excluding hydrogens is 292 g/mol. The highest BCUT2D eigenvalue weighted by Crippen LogP contribution is 2.49. The SMILES string of the molecule is CC(C)C1CCC(C(O)c2c(C3CC3)sc3cncn23)CC1. The molecule has 1 atom stereocenters. The van der Waals surface area contributed by atoms with E-state index in [0.29, 0.717) is 11.8 Å². The zero-order chi connectivity index (χ0) is 15.3. The van der Waals surface area contributed by atoms with Crippen LogP contribution in [0.4, 0.5) is 0 Å². The average Bonchev–Trinajstić information content (AvgIpc) is 3.15. The van der Waals surface area contributed by atoms with Gasteiger partial charge in [-0.25, -0.2) is 4.98 Å². The van der Waals surface area contributed by atoms with Gasteiger partial charge >= 0.3 is 0 Å². The Labute approximate surface area is 136 Å². The number of fused-ring (bicyclic) bond motifs is 1. The summed E-state index contributed by atoms with van der Waals surface area (Å²) in [5.41, 5.74) is 1.16. The van der Waals surface area contributed by atoms with Crippen molar-refractivity contribution in [3.05, 3.63) is 23.1 Å². The third-order valence-electron chi connectivity index (χ3n) is 5.77. The molecule has 2 saturated carbocycles. The van der Waals surface area contributed by atoms with Crippen LogP contribution in [-0.4, -0.2) is 14.5 Å². The number of nitrogens with zero attached hydrogens (tertiary/aromatic N) is 2. The molecule has 1 unspecified atom stereocenters. The molecule has 1 N–H and O–H groups in total. The van der Waals surface area contributed by atoms with Gasteiger partial charge in [0.1, 0.15) is 11.2 Å². The van der Waals surface area contributed by atoms with E-state index in [0.717, 1.165) is 17.5 Å². The fourth-order valence-corrected chi connectivity index (χ4v) is 5.41. The molecule has 2 aromatic heterocycles. The van der Waals surface area contributed by atoms with Crippen molar-refractivity contribution in [3.8, 4) is 0 Å². The highest BCUT2D eigenvalue weighted by Gasteiger charge is 2.36. The molecule has 4 rings (SSSR count). The van der Waals surface area contributed by atoms with Crippen molar-refractivity contribution in [2.45, 2.75) is 64.4 Å². The molecule has 2 fully saturated rings. The maximum absolute atomic E-state index is 11.1. The molecule has 0 bridgehead atoms. The smallest absolute Gasteiger partial charge is 0.120 e. The third-order valence-corrected chi connectivity index (χ3v) is 7.04. The first-order valence-corrected chi connectivity index (χ1v) is 9.59. The van der Waals surface area contributed by atoms with Gasteiger partial charge in [-0.1, -0.05) is 13.8 Å². The van der Waals surface area contributed by atoms with Crippen molar-refractivity contribution in [1.29, 1.82) is 0 Å². The Hall–Kier alpha value is -0.870. The monoisotopic (exact) mass is 318 g/mol. The Morgan fingerprint density at radius 2 is 1.82 bits per heavy atom. The first-order valence-electron chi connectivity index (χ1n) is 8.78. The van der Waals surface area contributed by atoms with Crippen LogP contribution in [0.2, 0.25) is 0 Å². The molecule has 2 heterocycles. The van der Waals surface area contributed by atoms with Gasteiger partial charge in [0.2, 0.25) is 0 Å². The summed E-state index contributed by atoms with van der Waals surface area (Å²) in [7, 11) is 0. The van der Waals surface area contributed by atoms with Gasteiger partial charge in [-0.05, 0) is 62.2 Å². The second-order valence-electron chi connectivity index (χ2n) is 7.59. The molecule has 2 aromatic rings. The molecule has 0 spiro atoms. The summed E-state index contributed by atoms with van der Waals surface area (Å²) < 4.78 is 2.15. The van der Waals surface area contributed by atoms with Gasteiger partial charge in [0.05, 0.1) is 18.0 Å². The Kier molecular flexibility index (Phi) is 3.77.